The summed E-state index contributed by atoms with van der Waals surface area (Å²) in [6, 6.07) is 9.04. The topological polar surface area (TPSA) is 38.0 Å². The van der Waals surface area contributed by atoms with Gasteiger partial charge in [-0.3, -0.25) is 0 Å². The van der Waals surface area contributed by atoms with Gasteiger partial charge in [0.2, 0.25) is 0 Å². The van der Waals surface area contributed by atoms with Gasteiger partial charge in [0.25, 0.3) is 0 Å². The second-order valence-corrected chi connectivity index (χ2v) is 5.98. The second-order valence-electron chi connectivity index (χ2n) is 5.10. The van der Waals surface area contributed by atoms with Gasteiger partial charge in [0.05, 0.1) is 0 Å². The molecule has 3 heteroatoms. The van der Waals surface area contributed by atoms with E-state index >= 15 is 0 Å². The number of hydrogen-bond donors (Lipinski definition) is 2. The lowest BCUT2D eigenvalue weighted by Crippen LogP contribution is -2.29. The van der Waals surface area contributed by atoms with Crippen LogP contribution < -0.4 is 11.1 Å². The van der Waals surface area contributed by atoms with E-state index in [1.807, 2.05) is 0 Å². The minimum atomic E-state index is 0.306. The maximum absolute atomic E-state index is 5.86. The first-order valence-corrected chi connectivity index (χ1v) is 8.13. The zero-order valence-electron chi connectivity index (χ0n) is 11.2. The maximum Gasteiger partial charge on any atom is 0.0444 e. The number of thioether (sulfide) groups is 1. The molecule has 0 saturated heterocycles. The Morgan fingerprint density at radius 2 is 2.06 bits per heavy atom. The molecule has 1 saturated carbocycles. The molecule has 1 aliphatic rings. The van der Waals surface area contributed by atoms with Crippen molar-refractivity contribution >= 4 is 11.8 Å². The number of hydrogen-bond acceptors (Lipinski definition) is 3. The Bertz CT molecular complexity index is 346. The molecule has 2 rings (SSSR count). The highest BCUT2D eigenvalue weighted by molar-refractivity contribution is 7.98. The van der Waals surface area contributed by atoms with Crippen LogP contribution in [0.15, 0.2) is 29.2 Å². The third-order valence-electron chi connectivity index (χ3n) is 3.63. The lowest BCUT2D eigenvalue weighted by atomic mass is 10.1. The van der Waals surface area contributed by atoms with E-state index in [1.54, 1.807) is 11.8 Å². The van der Waals surface area contributed by atoms with Crippen molar-refractivity contribution in [1.82, 2.24) is 5.32 Å². The van der Waals surface area contributed by atoms with Gasteiger partial charge in [0.15, 0.2) is 0 Å². The molecule has 1 fully saturated rings. The van der Waals surface area contributed by atoms with E-state index in [0.29, 0.717) is 12.6 Å². The average Bonchev–Trinajstić information content (AvgIpc) is 3.23. The summed E-state index contributed by atoms with van der Waals surface area (Å²) in [5.41, 5.74) is 7.17. The van der Waals surface area contributed by atoms with E-state index < -0.39 is 0 Å². The molecular weight excluding hydrogens is 240 g/mol. The Morgan fingerprint density at radius 3 is 2.61 bits per heavy atom. The van der Waals surface area contributed by atoms with Crippen LogP contribution in [-0.2, 0) is 0 Å². The fourth-order valence-corrected chi connectivity index (χ4v) is 2.66. The Kier molecular flexibility index (Phi) is 5.54. The maximum atomic E-state index is 5.86. The summed E-state index contributed by atoms with van der Waals surface area (Å²) >= 11 is 1.78. The highest BCUT2D eigenvalue weighted by Gasteiger charge is 2.20. The molecule has 3 N–H and O–H groups in total. The van der Waals surface area contributed by atoms with Gasteiger partial charge in [-0.2, -0.15) is 0 Å². The third kappa shape index (κ3) is 4.30. The second kappa shape index (κ2) is 7.17. The standard InChI is InChI=1S/C15H24N2S/c1-18-14-8-6-13(7-9-14)15(11-16)17-10-2-3-12-4-5-12/h6-9,12,15,17H,2-5,10-11,16H2,1H3. The van der Waals surface area contributed by atoms with E-state index in [9.17, 15) is 0 Å². The van der Waals surface area contributed by atoms with Gasteiger partial charge in [-0.05, 0) is 49.3 Å². The van der Waals surface area contributed by atoms with Crippen LogP contribution in [0.4, 0.5) is 0 Å². The first kappa shape index (κ1) is 13.9. The molecule has 2 nitrogen and oxygen atoms in total. The van der Waals surface area contributed by atoms with Gasteiger partial charge in [-0.25, -0.2) is 0 Å². The highest BCUT2D eigenvalue weighted by Crippen LogP contribution is 2.33. The molecular formula is C15H24N2S. The Hall–Kier alpha value is -0.510. The molecule has 1 atom stereocenters. The number of nitrogens with one attached hydrogen (secondary N) is 1. The Balaban J connectivity index is 1.78. The van der Waals surface area contributed by atoms with Gasteiger partial charge in [0, 0.05) is 17.5 Å². The van der Waals surface area contributed by atoms with Crippen molar-refractivity contribution in [2.24, 2.45) is 11.7 Å². The lowest BCUT2D eigenvalue weighted by molar-refractivity contribution is 0.512. The summed E-state index contributed by atoms with van der Waals surface area (Å²) in [7, 11) is 0. The molecule has 0 aromatic heterocycles. The zero-order chi connectivity index (χ0) is 12.8. The van der Waals surface area contributed by atoms with Crippen molar-refractivity contribution in [2.75, 3.05) is 19.3 Å². The molecule has 1 aromatic carbocycles. The van der Waals surface area contributed by atoms with Crippen LogP contribution in [0.25, 0.3) is 0 Å². The smallest absolute Gasteiger partial charge is 0.0444 e. The minimum absolute atomic E-state index is 0.306. The number of benzene rings is 1. The predicted octanol–water partition coefficient (Wildman–Crippen LogP) is 3.19. The molecule has 1 aromatic rings. The third-order valence-corrected chi connectivity index (χ3v) is 4.37. The SMILES string of the molecule is CSc1ccc(C(CN)NCCCC2CC2)cc1. The van der Waals surface area contributed by atoms with Crippen molar-refractivity contribution in [3.63, 3.8) is 0 Å². The van der Waals surface area contributed by atoms with Gasteiger partial charge < -0.3 is 11.1 Å². The molecule has 0 spiro atoms. The van der Waals surface area contributed by atoms with Crippen molar-refractivity contribution in [2.45, 2.75) is 36.6 Å². The molecule has 0 radical (unpaired) electrons. The predicted molar refractivity (Wildman–Crippen MR) is 80.0 cm³/mol. The van der Waals surface area contributed by atoms with E-state index in [0.717, 1.165) is 12.5 Å². The molecule has 0 heterocycles. The summed E-state index contributed by atoms with van der Waals surface area (Å²) in [6.07, 6.45) is 7.68. The van der Waals surface area contributed by atoms with Gasteiger partial charge in [0.1, 0.15) is 0 Å². The highest BCUT2D eigenvalue weighted by atomic mass is 32.2. The molecule has 100 valence electrons. The van der Waals surface area contributed by atoms with E-state index in [-0.39, 0.29) is 0 Å². The molecule has 0 aliphatic heterocycles. The van der Waals surface area contributed by atoms with Crippen molar-refractivity contribution in [3.8, 4) is 0 Å². The Labute approximate surface area is 115 Å². The minimum Gasteiger partial charge on any atom is -0.329 e. The van der Waals surface area contributed by atoms with E-state index in [2.05, 4.69) is 35.8 Å². The van der Waals surface area contributed by atoms with Crippen LogP contribution >= 0.6 is 11.8 Å². The number of nitrogens with two attached hydrogens (primary N) is 1. The Morgan fingerprint density at radius 1 is 1.33 bits per heavy atom. The summed E-state index contributed by atoms with van der Waals surface area (Å²) in [4.78, 5) is 1.31. The first-order valence-electron chi connectivity index (χ1n) is 6.91. The molecule has 1 aliphatic carbocycles. The fourth-order valence-electron chi connectivity index (χ4n) is 2.25. The molecule has 18 heavy (non-hydrogen) atoms. The molecule has 0 bridgehead atoms. The summed E-state index contributed by atoms with van der Waals surface area (Å²) < 4.78 is 0. The van der Waals surface area contributed by atoms with Crippen LogP contribution in [-0.4, -0.2) is 19.3 Å². The summed E-state index contributed by atoms with van der Waals surface area (Å²) in [5.74, 6) is 1.03. The van der Waals surface area contributed by atoms with Crippen molar-refractivity contribution in [1.29, 1.82) is 0 Å². The van der Waals surface area contributed by atoms with E-state index in [1.165, 1.54) is 36.1 Å². The summed E-state index contributed by atoms with van der Waals surface area (Å²) in [6.45, 7) is 1.75. The van der Waals surface area contributed by atoms with Crippen LogP contribution in [0.1, 0.15) is 37.3 Å². The normalized spacial score (nSPS) is 16.8. The van der Waals surface area contributed by atoms with Crippen molar-refractivity contribution in [3.05, 3.63) is 29.8 Å². The van der Waals surface area contributed by atoms with Crippen LogP contribution in [0, 0.1) is 5.92 Å². The largest absolute Gasteiger partial charge is 0.329 e. The van der Waals surface area contributed by atoms with E-state index in [4.69, 9.17) is 5.73 Å². The molecule has 1 unspecified atom stereocenters. The van der Waals surface area contributed by atoms with Gasteiger partial charge >= 0.3 is 0 Å². The fraction of sp³-hybridized carbons (Fsp3) is 0.600. The van der Waals surface area contributed by atoms with Crippen molar-refractivity contribution < 1.29 is 0 Å². The average molecular weight is 264 g/mol. The first-order chi connectivity index (χ1) is 8.83. The molecule has 0 amide bonds. The quantitative estimate of drug-likeness (QED) is 0.559. The lowest BCUT2D eigenvalue weighted by Gasteiger charge is -2.17. The van der Waals surface area contributed by atoms with Crippen LogP contribution in [0.3, 0.4) is 0 Å². The van der Waals surface area contributed by atoms with Gasteiger partial charge in [-0.15, -0.1) is 11.8 Å². The monoisotopic (exact) mass is 264 g/mol. The summed E-state index contributed by atoms with van der Waals surface area (Å²) in [5, 5.41) is 3.57. The zero-order valence-corrected chi connectivity index (χ0v) is 12.0. The van der Waals surface area contributed by atoms with Crippen LogP contribution in [0.5, 0.6) is 0 Å². The van der Waals surface area contributed by atoms with Crippen LogP contribution in [0.2, 0.25) is 0 Å². The van der Waals surface area contributed by atoms with Gasteiger partial charge in [-0.1, -0.05) is 25.0 Å². The number of rotatable bonds is 8.